The Balaban J connectivity index is 1.99. The van der Waals surface area contributed by atoms with Crippen LogP contribution in [-0.2, 0) is 16.3 Å². The van der Waals surface area contributed by atoms with E-state index < -0.39 is 14.8 Å². The van der Waals surface area contributed by atoms with Crippen LogP contribution in [-0.4, -0.2) is 19.6 Å². The van der Waals surface area contributed by atoms with Gasteiger partial charge in [-0.15, -0.1) is 0 Å². The fraction of sp³-hybridized carbons (Fsp3) is 0.158. The lowest BCUT2D eigenvalue weighted by molar-refractivity contribution is -0.383. The Hall–Kier alpha value is -2.71. The van der Waals surface area contributed by atoms with Crippen molar-refractivity contribution >= 4 is 31.9 Å². The van der Waals surface area contributed by atoms with Crippen molar-refractivity contribution in [2.24, 2.45) is 0 Å². The molecule has 27 heavy (non-hydrogen) atoms. The molecule has 6 nitrogen and oxygen atoms in total. The van der Waals surface area contributed by atoms with Gasteiger partial charge < -0.3 is 5.32 Å². The number of hydrogen-bond acceptors (Lipinski definition) is 6. The Morgan fingerprint density at radius 1 is 1.07 bits per heavy atom. The van der Waals surface area contributed by atoms with Crippen LogP contribution in [0.15, 0.2) is 70.9 Å². The van der Waals surface area contributed by atoms with Crippen LogP contribution < -0.4 is 5.32 Å². The Bertz CT molecular complexity index is 1030. The number of anilines is 1. The van der Waals surface area contributed by atoms with E-state index in [9.17, 15) is 18.5 Å². The average Bonchev–Trinajstić information content (AvgIpc) is 3.07. The molecule has 1 aromatic heterocycles. The van der Waals surface area contributed by atoms with Gasteiger partial charge in [-0.1, -0.05) is 72.0 Å². The molecule has 8 heteroatoms. The van der Waals surface area contributed by atoms with Gasteiger partial charge in [0, 0.05) is 12.3 Å². The first-order valence-corrected chi connectivity index (χ1v) is 10.9. The van der Waals surface area contributed by atoms with Crippen molar-refractivity contribution in [1.82, 2.24) is 0 Å². The second-order valence-electron chi connectivity index (χ2n) is 6.11. The summed E-state index contributed by atoms with van der Waals surface area (Å²) in [6, 6.07) is 20.2. The molecule has 3 rings (SSSR count). The van der Waals surface area contributed by atoms with Crippen LogP contribution in [0, 0.1) is 10.1 Å². The minimum atomic E-state index is -3.52. The SMILES string of the molecule is CS(=O)(=O)c1cc([N+](=O)[O-])c(NC(Cc2ccccc2)c2ccccc2)s1. The maximum atomic E-state index is 11.8. The fourth-order valence-electron chi connectivity index (χ4n) is 2.73. The summed E-state index contributed by atoms with van der Waals surface area (Å²) in [5, 5.41) is 14.9. The van der Waals surface area contributed by atoms with Crippen LogP contribution in [0.1, 0.15) is 17.2 Å². The molecule has 0 aliphatic rings. The summed E-state index contributed by atoms with van der Waals surface area (Å²) in [5.74, 6) is 0. The summed E-state index contributed by atoms with van der Waals surface area (Å²) < 4.78 is 23.6. The highest BCUT2D eigenvalue weighted by molar-refractivity contribution is 7.92. The third kappa shape index (κ3) is 4.72. The molecule has 0 aliphatic carbocycles. The number of sulfone groups is 1. The lowest BCUT2D eigenvalue weighted by atomic mass is 9.99. The maximum Gasteiger partial charge on any atom is 0.304 e. The Labute approximate surface area is 161 Å². The van der Waals surface area contributed by atoms with E-state index in [0.717, 1.165) is 34.8 Å². The van der Waals surface area contributed by atoms with E-state index in [0.29, 0.717) is 6.42 Å². The highest BCUT2D eigenvalue weighted by Crippen LogP contribution is 2.39. The van der Waals surface area contributed by atoms with Crippen molar-refractivity contribution < 1.29 is 13.3 Å². The number of thiophene rings is 1. The van der Waals surface area contributed by atoms with Crippen LogP contribution in [0.25, 0.3) is 0 Å². The Morgan fingerprint density at radius 3 is 2.22 bits per heavy atom. The first kappa shape index (κ1) is 19.1. The van der Waals surface area contributed by atoms with Gasteiger partial charge in [0.15, 0.2) is 14.8 Å². The average molecular weight is 402 g/mol. The van der Waals surface area contributed by atoms with Crippen LogP contribution in [0.3, 0.4) is 0 Å². The third-order valence-corrected chi connectivity index (χ3v) is 6.90. The van der Waals surface area contributed by atoms with Gasteiger partial charge in [0.25, 0.3) is 0 Å². The molecular formula is C19H18N2O4S2. The van der Waals surface area contributed by atoms with E-state index in [1.807, 2.05) is 60.7 Å². The predicted molar refractivity (Wildman–Crippen MR) is 107 cm³/mol. The van der Waals surface area contributed by atoms with E-state index in [-0.39, 0.29) is 20.9 Å². The van der Waals surface area contributed by atoms with Gasteiger partial charge in [-0.3, -0.25) is 10.1 Å². The van der Waals surface area contributed by atoms with Gasteiger partial charge in [0.1, 0.15) is 4.21 Å². The second kappa shape index (κ2) is 7.89. The molecule has 1 heterocycles. The second-order valence-corrected chi connectivity index (χ2v) is 9.40. The molecule has 0 spiro atoms. The predicted octanol–water partition coefficient (Wildman–Crippen LogP) is 4.46. The monoisotopic (exact) mass is 402 g/mol. The first-order valence-electron chi connectivity index (χ1n) is 8.18. The molecule has 3 aromatic rings. The van der Waals surface area contributed by atoms with Crippen LogP contribution in [0.4, 0.5) is 10.7 Å². The lowest BCUT2D eigenvalue weighted by Gasteiger charge is -2.19. The van der Waals surface area contributed by atoms with E-state index in [1.54, 1.807) is 0 Å². The van der Waals surface area contributed by atoms with Crippen LogP contribution >= 0.6 is 11.3 Å². The van der Waals surface area contributed by atoms with Gasteiger partial charge in [-0.2, -0.15) is 0 Å². The Kier molecular flexibility index (Phi) is 5.57. The molecule has 0 saturated heterocycles. The van der Waals surface area contributed by atoms with Crippen LogP contribution in [0.2, 0.25) is 0 Å². The summed E-state index contributed by atoms with van der Waals surface area (Å²) in [6.45, 7) is 0. The van der Waals surface area contributed by atoms with Crippen molar-refractivity contribution in [2.45, 2.75) is 16.7 Å². The molecule has 1 N–H and O–H groups in total. The van der Waals surface area contributed by atoms with Crippen LogP contribution in [0.5, 0.6) is 0 Å². The zero-order valence-corrected chi connectivity index (χ0v) is 16.2. The van der Waals surface area contributed by atoms with Crippen molar-refractivity contribution in [3.63, 3.8) is 0 Å². The summed E-state index contributed by atoms with van der Waals surface area (Å²) in [5.41, 5.74) is 1.81. The maximum absolute atomic E-state index is 11.8. The van der Waals surface area contributed by atoms with Gasteiger partial charge in [-0.25, -0.2) is 8.42 Å². The molecule has 140 valence electrons. The smallest absolute Gasteiger partial charge is 0.304 e. The minimum absolute atomic E-state index is 0.0248. The molecule has 0 aliphatic heterocycles. The molecule has 1 unspecified atom stereocenters. The molecular weight excluding hydrogens is 384 g/mol. The molecule has 0 fully saturated rings. The van der Waals surface area contributed by atoms with Crippen molar-refractivity contribution in [2.75, 3.05) is 11.6 Å². The Morgan fingerprint density at radius 2 is 1.67 bits per heavy atom. The number of benzene rings is 2. The van der Waals surface area contributed by atoms with E-state index in [1.165, 1.54) is 0 Å². The number of nitrogens with zero attached hydrogens (tertiary/aromatic N) is 1. The molecule has 2 aromatic carbocycles. The largest absolute Gasteiger partial charge is 0.364 e. The normalized spacial score (nSPS) is 12.5. The van der Waals surface area contributed by atoms with E-state index in [2.05, 4.69) is 5.32 Å². The third-order valence-electron chi connectivity index (χ3n) is 4.04. The van der Waals surface area contributed by atoms with Crippen molar-refractivity contribution in [1.29, 1.82) is 0 Å². The first-order chi connectivity index (χ1) is 12.8. The highest BCUT2D eigenvalue weighted by atomic mass is 32.2. The van der Waals surface area contributed by atoms with Gasteiger partial charge in [0.2, 0.25) is 0 Å². The fourth-order valence-corrected chi connectivity index (χ4v) is 4.72. The zero-order chi connectivity index (χ0) is 19.4. The molecule has 0 saturated carbocycles. The molecule has 0 amide bonds. The van der Waals surface area contributed by atoms with Crippen molar-refractivity contribution in [3.05, 3.63) is 88.0 Å². The summed E-state index contributed by atoms with van der Waals surface area (Å²) in [4.78, 5) is 10.9. The number of nitro groups is 1. The van der Waals surface area contributed by atoms with E-state index >= 15 is 0 Å². The quantitative estimate of drug-likeness (QED) is 0.466. The van der Waals surface area contributed by atoms with E-state index in [4.69, 9.17) is 0 Å². The molecule has 0 radical (unpaired) electrons. The molecule has 0 bridgehead atoms. The summed E-state index contributed by atoms with van der Waals surface area (Å²) in [6.07, 6.45) is 1.65. The molecule has 1 atom stereocenters. The summed E-state index contributed by atoms with van der Waals surface area (Å²) in [7, 11) is -3.52. The standard InChI is InChI=1S/C19H18N2O4S2/c1-27(24,25)18-13-17(21(22)23)19(26-18)20-16(15-10-6-3-7-11-15)12-14-8-4-2-5-9-14/h2-11,13,16,20H,12H2,1H3. The van der Waals surface area contributed by atoms with Gasteiger partial charge >= 0.3 is 5.69 Å². The number of hydrogen-bond donors (Lipinski definition) is 1. The lowest BCUT2D eigenvalue weighted by Crippen LogP contribution is -2.13. The number of nitrogens with one attached hydrogen (secondary N) is 1. The van der Waals surface area contributed by atoms with Crippen molar-refractivity contribution in [3.8, 4) is 0 Å². The summed E-state index contributed by atoms with van der Waals surface area (Å²) >= 11 is 0.888. The highest BCUT2D eigenvalue weighted by Gasteiger charge is 2.26. The van der Waals surface area contributed by atoms with Gasteiger partial charge in [-0.05, 0) is 17.5 Å². The zero-order valence-electron chi connectivity index (χ0n) is 14.5. The van der Waals surface area contributed by atoms with Gasteiger partial charge in [0.05, 0.1) is 11.0 Å². The minimum Gasteiger partial charge on any atom is -0.364 e. The topological polar surface area (TPSA) is 89.3 Å². The number of rotatable bonds is 7.